The zero-order chi connectivity index (χ0) is 12.0. The summed E-state index contributed by atoms with van der Waals surface area (Å²) in [5, 5.41) is 10.9. The van der Waals surface area contributed by atoms with E-state index in [0.29, 0.717) is 13.0 Å². The van der Waals surface area contributed by atoms with Crippen molar-refractivity contribution in [3.05, 3.63) is 35.9 Å². The fraction of sp³-hybridized carbons (Fsp3) is 0.417. The Balaban J connectivity index is 2.55. The minimum atomic E-state index is -0.766. The first kappa shape index (κ1) is 12.7. The molecule has 4 heteroatoms. The number of hydrogen-bond donors (Lipinski definition) is 2. The number of carboxylic acid groups (broad SMARTS) is 1. The molecule has 0 saturated heterocycles. The van der Waals surface area contributed by atoms with E-state index in [1.807, 2.05) is 44.4 Å². The molecular weight excluding hydrogens is 204 g/mol. The average molecular weight is 222 g/mol. The monoisotopic (exact) mass is 222 g/mol. The van der Waals surface area contributed by atoms with Gasteiger partial charge in [0.2, 0.25) is 0 Å². The molecule has 1 aromatic rings. The Morgan fingerprint density at radius 3 is 2.50 bits per heavy atom. The molecule has 1 atom stereocenters. The van der Waals surface area contributed by atoms with Crippen LogP contribution in [0, 0.1) is 5.92 Å². The largest absolute Gasteiger partial charge is 0.481 e. The molecule has 0 aliphatic carbocycles. The molecule has 0 amide bonds. The minimum absolute atomic E-state index is 0.398. The van der Waals surface area contributed by atoms with Crippen molar-refractivity contribution in [2.45, 2.75) is 6.42 Å². The van der Waals surface area contributed by atoms with Gasteiger partial charge >= 0.3 is 5.97 Å². The van der Waals surface area contributed by atoms with Gasteiger partial charge in [0, 0.05) is 20.6 Å². The van der Waals surface area contributed by atoms with E-state index in [9.17, 15) is 4.79 Å². The van der Waals surface area contributed by atoms with Crippen molar-refractivity contribution in [2.24, 2.45) is 5.92 Å². The van der Waals surface area contributed by atoms with Crippen LogP contribution in [0.5, 0.6) is 0 Å². The van der Waals surface area contributed by atoms with Gasteiger partial charge in [0.1, 0.15) is 0 Å². The van der Waals surface area contributed by atoms with E-state index in [-0.39, 0.29) is 0 Å². The Hall–Kier alpha value is -1.39. The third kappa shape index (κ3) is 4.42. The van der Waals surface area contributed by atoms with Gasteiger partial charge < -0.3 is 5.11 Å². The van der Waals surface area contributed by atoms with Gasteiger partial charge in [0.25, 0.3) is 0 Å². The smallest absolute Gasteiger partial charge is 0.308 e. The van der Waals surface area contributed by atoms with E-state index < -0.39 is 11.9 Å². The van der Waals surface area contributed by atoms with Crippen LogP contribution in [0.2, 0.25) is 0 Å². The first-order valence-electron chi connectivity index (χ1n) is 5.27. The van der Waals surface area contributed by atoms with Crippen molar-refractivity contribution < 1.29 is 9.90 Å². The molecule has 0 aliphatic rings. The predicted molar refractivity (Wildman–Crippen MR) is 63.0 cm³/mol. The first-order valence-corrected chi connectivity index (χ1v) is 5.27. The van der Waals surface area contributed by atoms with Gasteiger partial charge in [-0.05, 0) is 12.0 Å². The van der Waals surface area contributed by atoms with Crippen molar-refractivity contribution in [3.63, 3.8) is 0 Å². The highest BCUT2D eigenvalue weighted by atomic mass is 16.4. The van der Waals surface area contributed by atoms with Crippen LogP contribution in [-0.2, 0) is 11.2 Å². The van der Waals surface area contributed by atoms with E-state index in [4.69, 9.17) is 5.11 Å². The molecule has 0 heterocycles. The lowest BCUT2D eigenvalue weighted by Crippen LogP contribution is -2.38. The highest BCUT2D eigenvalue weighted by Crippen LogP contribution is 2.08. The topological polar surface area (TPSA) is 52.6 Å². The molecule has 0 aromatic heterocycles. The summed E-state index contributed by atoms with van der Waals surface area (Å²) in [7, 11) is 3.70. The van der Waals surface area contributed by atoms with Crippen molar-refractivity contribution >= 4 is 5.97 Å². The van der Waals surface area contributed by atoms with Crippen LogP contribution >= 0.6 is 0 Å². The lowest BCUT2D eigenvalue weighted by molar-refractivity contribution is -0.141. The second kappa shape index (κ2) is 6.25. The molecule has 0 saturated carbocycles. The second-order valence-electron chi connectivity index (χ2n) is 3.98. The summed E-state index contributed by atoms with van der Waals surface area (Å²) in [5.41, 5.74) is 4.05. The van der Waals surface area contributed by atoms with Gasteiger partial charge in [-0.1, -0.05) is 30.3 Å². The molecule has 1 rings (SSSR count). The quantitative estimate of drug-likeness (QED) is 0.705. The highest BCUT2D eigenvalue weighted by molar-refractivity contribution is 5.70. The first-order chi connectivity index (χ1) is 7.59. The molecule has 4 nitrogen and oxygen atoms in total. The van der Waals surface area contributed by atoms with Gasteiger partial charge in [-0.15, -0.1) is 0 Å². The maximum absolute atomic E-state index is 11.1. The molecule has 16 heavy (non-hydrogen) atoms. The molecular formula is C12H18N2O2. The third-order valence-corrected chi connectivity index (χ3v) is 2.33. The number of hydrazine groups is 1. The summed E-state index contributed by atoms with van der Waals surface area (Å²) < 4.78 is 0. The molecule has 0 spiro atoms. The van der Waals surface area contributed by atoms with E-state index in [1.54, 1.807) is 5.01 Å². The zero-order valence-electron chi connectivity index (χ0n) is 9.68. The van der Waals surface area contributed by atoms with Gasteiger partial charge in [0.05, 0.1) is 5.92 Å². The Morgan fingerprint density at radius 1 is 1.38 bits per heavy atom. The maximum Gasteiger partial charge on any atom is 0.308 e. The third-order valence-electron chi connectivity index (χ3n) is 2.33. The molecule has 0 bridgehead atoms. The summed E-state index contributed by atoms with van der Waals surface area (Å²) in [4.78, 5) is 11.1. The number of aliphatic carboxylic acids is 1. The number of nitrogens with zero attached hydrogens (tertiary/aromatic N) is 1. The van der Waals surface area contributed by atoms with Gasteiger partial charge in [-0.3, -0.25) is 15.2 Å². The summed E-state index contributed by atoms with van der Waals surface area (Å²) in [6.07, 6.45) is 0.553. The molecule has 2 N–H and O–H groups in total. The lowest BCUT2D eigenvalue weighted by Gasteiger charge is -2.17. The van der Waals surface area contributed by atoms with Gasteiger partial charge in [-0.2, -0.15) is 0 Å². The molecule has 88 valence electrons. The van der Waals surface area contributed by atoms with Crippen LogP contribution in [0.3, 0.4) is 0 Å². The fourth-order valence-electron chi connectivity index (χ4n) is 1.44. The highest BCUT2D eigenvalue weighted by Gasteiger charge is 2.17. The van der Waals surface area contributed by atoms with Crippen LogP contribution < -0.4 is 5.43 Å². The van der Waals surface area contributed by atoms with Crippen LogP contribution in [0.1, 0.15) is 5.56 Å². The molecule has 0 fully saturated rings. The Bertz CT molecular complexity index is 325. The van der Waals surface area contributed by atoms with Crippen molar-refractivity contribution in [1.82, 2.24) is 10.4 Å². The summed E-state index contributed by atoms with van der Waals surface area (Å²) in [6, 6.07) is 9.68. The lowest BCUT2D eigenvalue weighted by atomic mass is 10.00. The average Bonchev–Trinajstić information content (AvgIpc) is 2.25. The van der Waals surface area contributed by atoms with Crippen LogP contribution in [0.25, 0.3) is 0 Å². The number of carbonyl (C=O) groups is 1. The normalized spacial score (nSPS) is 12.7. The summed E-state index contributed by atoms with van der Waals surface area (Å²) in [6.45, 7) is 0.442. The molecule has 0 radical (unpaired) electrons. The number of rotatable bonds is 6. The Labute approximate surface area is 95.9 Å². The van der Waals surface area contributed by atoms with Crippen molar-refractivity contribution in [3.8, 4) is 0 Å². The van der Waals surface area contributed by atoms with Gasteiger partial charge in [-0.25, -0.2) is 0 Å². The molecule has 1 unspecified atom stereocenters. The number of benzene rings is 1. The fourth-order valence-corrected chi connectivity index (χ4v) is 1.44. The van der Waals surface area contributed by atoms with E-state index in [2.05, 4.69) is 5.43 Å². The van der Waals surface area contributed by atoms with Crippen molar-refractivity contribution in [2.75, 3.05) is 20.6 Å². The molecule has 0 aliphatic heterocycles. The molecule has 1 aromatic carbocycles. The standard InChI is InChI=1S/C12H18N2O2/c1-14(2)13-9-11(12(15)16)8-10-6-4-3-5-7-10/h3-7,11,13H,8-9H2,1-2H3,(H,15,16). The SMILES string of the molecule is CN(C)NCC(Cc1ccccc1)C(=O)O. The summed E-state index contributed by atoms with van der Waals surface area (Å²) >= 11 is 0. The maximum atomic E-state index is 11.1. The van der Waals surface area contributed by atoms with E-state index in [1.165, 1.54) is 0 Å². The summed E-state index contributed by atoms with van der Waals surface area (Å²) in [5.74, 6) is -1.16. The zero-order valence-corrected chi connectivity index (χ0v) is 9.68. The van der Waals surface area contributed by atoms with Crippen molar-refractivity contribution in [1.29, 1.82) is 0 Å². The van der Waals surface area contributed by atoms with Crippen LogP contribution in [0.15, 0.2) is 30.3 Å². The van der Waals surface area contributed by atoms with Crippen LogP contribution in [-0.4, -0.2) is 36.7 Å². The second-order valence-corrected chi connectivity index (χ2v) is 3.98. The Kier molecular flexibility index (Phi) is 4.95. The number of nitrogens with one attached hydrogen (secondary N) is 1. The Morgan fingerprint density at radius 2 is 2.00 bits per heavy atom. The van der Waals surface area contributed by atoms with Crippen LogP contribution in [0.4, 0.5) is 0 Å². The van der Waals surface area contributed by atoms with Gasteiger partial charge in [0.15, 0.2) is 0 Å². The van der Waals surface area contributed by atoms with E-state index in [0.717, 1.165) is 5.56 Å². The van der Waals surface area contributed by atoms with E-state index >= 15 is 0 Å². The number of carboxylic acids is 1. The predicted octanol–water partition coefficient (Wildman–Crippen LogP) is 0.996. The number of hydrogen-bond acceptors (Lipinski definition) is 3. The minimum Gasteiger partial charge on any atom is -0.481 e.